The lowest BCUT2D eigenvalue weighted by atomic mass is 10.1. The lowest BCUT2D eigenvalue weighted by molar-refractivity contribution is 0.394. The molecule has 0 aliphatic carbocycles. The zero-order valence-electron chi connectivity index (χ0n) is 13.3. The summed E-state index contributed by atoms with van der Waals surface area (Å²) in [6.07, 6.45) is 0. The van der Waals surface area contributed by atoms with Gasteiger partial charge in [-0.3, -0.25) is 5.43 Å². The number of hydrogen-bond donors (Lipinski definition) is 2. The van der Waals surface area contributed by atoms with Crippen molar-refractivity contribution in [3.63, 3.8) is 0 Å². The maximum absolute atomic E-state index is 5.37. The van der Waals surface area contributed by atoms with E-state index in [1.807, 2.05) is 55.5 Å². The van der Waals surface area contributed by atoms with Gasteiger partial charge in [0.25, 0.3) is 0 Å². The van der Waals surface area contributed by atoms with Crippen molar-refractivity contribution in [1.82, 2.24) is 5.43 Å². The molecule has 0 saturated carbocycles. The van der Waals surface area contributed by atoms with Crippen LogP contribution in [0.25, 0.3) is 0 Å². The summed E-state index contributed by atoms with van der Waals surface area (Å²) in [5, 5.41) is 7.77. The molecule has 0 amide bonds. The maximum Gasteiger partial charge on any atom is 0.191 e. The molecule has 0 atom stereocenters. The zero-order valence-corrected chi connectivity index (χ0v) is 14.1. The number of hydrazone groups is 1. The first-order valence-corrected chi connectivity index (χ1v) is 7.43. The molecule has 23 heavy (non-hydrogen) atoms. The number of para-hydroxylation sites is 1. The molecular formula is C17H19N3O2S. The van der Waals surface area contributed by atoms with Gasteiger partial charge in [0.15, 0.2) is 5.11 Å². The average molecular weight is 329 g/mol. The highest BCUT2D eigenvalue weighted by atomic mass is 32.1. The molecule has 0 radical (unpaired) electrons. The van der Waals surface area contributed by atoms with Crippen LogP contribution in [0.1, 0.15) is 12.5 Å². The molecule has 5 nitrogen and oxygen atoms in total. The second-order valence-electron chi connectivity index (χ2n) is 4.70. The van der Waals surface area contributed by atoms with Gasteiger partial charge < -0.3 is 14.8 Å². The molecule has 2 N–H and O–H groups in total. The van der Waals surface area contributed by atoms with Crippen molar-refractivity contribution in [3.8, 4) is 11.5 Å². The Morgan fingerprint density at radius 1 is 1.04 bits per heavy atom. The summed E-state index contributed by atoms with van der Waals surface area (Å²) in [5.74, 6) is 1.42. The molecule has 0 saturated heterocycles. The second-order valence-corrected chi connectivity index (χ2v) is 5.10. The normalized spacial score (nSPS) is 10.8. The minimum absolute atomic E-state index is 0.419. The summed E-state index contributed by atoms with van der Waals surface area (Å²) in [7, 11) is 3.23. The molecule has 0 unspecified atom stereocenters. The van der Waals surface area contributed by atoms with Crippen molar-refractivity contribution in [1.29, 1.82) is 0 Å². The van der Waals surface area contributed by atoms with Crippen molar-refractivity contribution in [2.45, 2.75) is 6.92 Å². The van der Waals surface area contributed by atoms with Crippen LogP contribution < -0.4 is 20.2 Å². The lowest BCUT2D eigenvalue weighted by Gasteiger charge is -2.11. The molecule has 2 aromatic rings. The predicted octanol–water partition coefficient (Wildman–Crippen LogP) is 3.41. The van der Waals surface area contributed by atoms with Crippen LogP contribution in [0, 0.1) is 0 Å². The van der Waals surface area contributed by atoms with E-state index >= 15 is 0 Å². The van der Waals surface area contributed by atoms with Crippen molar-refractivity contribution >= 4 is 28.7 Å². The molecule has 0 bridgehead atoms. The van der Waals surface area contributed by atoms with Crippen LogP contribution in [0.2, 0.25) is 0 Å². The van der Waals surface area contributed by atoms with E-state index in [-0.39, 0.29) is 0 Å². The van der Waals surface area contributed by atoms with Crippen LogP contribution >= 0.6 is 12.2 Å². The summed E-state index contributed by atoms with van der Waals surface area (Å²) in [5.41, 5.74) is 5.35. The van der Waals surface area contributed by atoms with Gasteiger partial charge in [0.05, 0.1) is 19.9 Å². The number of rotatable bonds is 5. The summed E-state index contributed by atoms with van der Waals surface area (Å²) >= 11 is 5.22. The first kappa shape index (κ1) is 16.8. The first-order chi connectivity index (χ1) is 11.1. The van der Waals surface area contributed by atoms with E-state index in [2.05, 4.69) is 15.8 Å². The SMILES string of the molecule is COc1ccc(C(C)=NNC(=S)Nc2ccccc2)c(OC)c1. The quantitative estimate of drug-likeness (QED) is 0.500. The van der Waals surface area contributed by atoms with Crippen LogP contribution in [0.5, 0.6) is 11.5 Å². The Labute approximate surface area is 141 Å². The number of nitrogens with zero attached hydrogens (tertiary/aromatic N) is 1. The van der Waals surface area contributed by atoms with E-state index in [1.54, 1.807) is 14.2 Å². The second kappa shape index (κ2) is 8.14. The van der Waals surface area contributed by atoms with Crippen LogP contribution in [0.4, 0.5) is 5.69 Å². The molecule has 0 heterocycles. The summed E-state index contributed by atoms with van der Waals surface area (Å²) < 4.78 is 10.6. The Morgan fingerprint density at radius 3 is 2.43 bits per heavy atom. The van der Waals surface area contributed by atoms with E-state index in [9.17, 15) is 0 Å². The van der Waals surface area contributed by atoms with E-state index < -0.39 is 0 Å². The molecule has 2 aromatic carbocycles. The van der Waals surface area contributed by atoms with Crippen LogP contribution in [-0.2, 0) is 0 Å². The van der Waals surface area contributed by atoms with Gasteiger partial charge in [-0.15, -0.1) is 0 Å². The summed E-state index contributed by atoms with van der Waals surface area (Å²) in [6.45, 7) is 1.88. The molecule has 120 valence electrons. The van der Waals surface area contributed by atoms with Crippen molar-refractivity contribution in [3.05, 3.63) is 54.1 Å². The molecule has 0 aliphatic rings. The predicted molar refractivity (Wildman–Crippen MR) is 97.6 cm³/mol. The van der Waals surface area contributed by atoms with Crippen LogP contribution in [0.15, 0.2) is 53.6 Å². The molecule has 2 rings (SSSR count). The third-order valence-corrected chi connectivity index (χ3v) is 3.35. The summed E-state index contributed by atoms with van der Waals surface area (Å²) in [4.78, 5) is 0. The molecule has 0 fully saturated rings. The topological polar surface area (TPSA) is 54.9 Å². The van der Waals surface area contributed by atoms with Gasteiger partial charge in [0, 0.05) is 17.3 Å². The zero-order chi connectivity index (χ0) is 16.7. The number of anilines is 1. The fraction of sp³-hybridized carbons (Fsp3) is 0.176. The third kappa shape index (κ3) is 4.69. The molecule has 6 heteroatoms. The summed E-state index contributed by atoms with van der Waals surface area (Å²) in [6, 6.07) is 15.2. The minimum atomic E-state index is 0.419. The van der Waals surface area contributed by atoms with Crippen LogP contribution in [-0.4, -0.2) is 25.0 Å². The van der Waals surface area contributed by atoms with Gasteiger partial charge in [-0.25, -0.2) is 0 Å². The monoisotopic (exact) mass is 329 g/mol. The Hall–Kier alpha value is -2.60. The lowest BCUT2D eigenvalue weighted by Crippen LogP contribution is -2.25. The molecule has 0 aromatic heterocycles. The van der Waals surface area contributed by atoms with Gasteiger partial charge in [-0.1, -0.05) is 18.2 Å². The number of methoxy groups -OCH3 is 2. The Balaban J connectivity index is 2.06. The molecule has 0 aliphatic heterocycles. The fourth-order valence-corrected chi connectivity index (χ4v) is 2.14. The standard InChI is InChI=1S/C17H19N3O2S/c1-12(15-10-9-14(21-2)11-16(15)22-3)19-20-17(23)18-13-7-5-4-6-8-13/h4-11H,1-3H3,(H2,18,20,23). The van der Waals surface area contributed by atoms with Gasteiger partial charge in [0.1, 0.15) is 11.5 Å². The molecule has 0 spiro atoms. The van der Waals surface area contributed by atoms with Crippen molar-refractivity contribution < 1.29 is 9.47 Å². The highest BCUT2D eigenvalue weighted by Crippen LogP contribution is 2.25. The number of benzene rings is 2. The Kier molecular flexibility index (Phi) is 5.94. The van der Waals surface area contributed by atoms with E-state index in [1.165, 1.54) is 0 Å². The van der Waals surface area contributed by atoms with Gasteiger partial charge in [-0.2, -0.15) is 5.10 Å². The Bertz CT molecular complexity index is 702. The highest BCUT2D eigenvalue weighted by molar-refractivity contribution is 7.80. The van der Waals surface area contributed by atoms with E-state index in [0.29, 0.717) is 10.9 Å². The highest BCUT2D eigenvalue weighted by Gasteiger charge is 2.08. The maximum atomic E-state index is 5.37. The third-order valence-electron chi connectivity index (χ3n) is 3.16. The smallest absolute Gasteiger partial charge is 0.191 e. The average Bonchev–Trinajstić information content (AvgIpc) is 2.60. The largest absolute Gasteiger partial charge is 0.497 e. The van der Waals surface area contributed by atoms with Gasteiger partial charge in [0.2, 0.25) is 0 Å². The number of nitrogens with one attached hydrogen (secondary N) is 2. The molecular weight excluding hydrogens is 310 g/mol. The van der Waals surface area contributed by atoms with Gasteiger partial charge >= 0.3 is 0 Å². The van der Waals surface area contributed by atoms with Gasteiger partial charge in [-0.05, 0) is 43.4 Å². The fourth-order valence-electron chi connectivity index (χ4n) is 1.97. The Morgan fingerprint density at radius 2 is 1.78 bits per heavy atom. The van der Waals surface area contributed by atoms with E-state index in [0.717, 1.165) is 22.7 Å². The van der Waals surface area contributed by atoms with E-state index in [4.69, 9.17) is 21.7 Å². The van der Waals surface area contributed by atoms with Crippen LogP contribution in [0.3, 0.4) is 0 Å². The van der Waals surface area contributed by atoms with Crippen molar-refractivity contribution in [2.24, 2.45) is 5.10 Å². The number of hydrogen-bond acceptors (Lipinski definition) is 4. The first-order valence-electron chi connectivity index (χ1n) is 7.02. The minimum Gasteiger partial charge on any atom is -0.497 e. The van der Waals surface area contributed by atoms with Crippen molar-refractivity contribution in [2.75, 3.05) is 19.5 Å². The number of ether oxygens (including phenoxy) is 2. The number of thiocarbonyl (C=S) groups is 1.